The van der Waals surface area contributed by atoms with E-state index in [1.165, 1.54) is 12.1 Å². The third-order valence-corrected chi connectivity index (χ3v) is 4.79. The second-order valence-electron chi connectivity index (χ2n) is 4.85. The van der Waals surface area contributed by atoms with Crippen molar-refractivity contribution >= 4 is 10.0 Å². The predicted octanol–water partition coefficient (Wildman–Crippen LogP) is 2.65. The first-order valence-corrected chi connectivity index (χ1v) is 7.97. The minimum atomic E-state index is -3.70. The van der Waals surface area contributed by atoms with Gasteiger partial charge in [-0.25, -0.2) is 13.1 Å². The summed E-state index contributed by atoms with van der Waals surface area (Å²) >= 11 is 0. The number of rotatable bonds is 4. The molecule has 2 aromatic rings. The van der Waals surface area contributed by atoms with Gasteiger partial charge in [0, 0.05) is 6.54 Å². The summed E-state index contributed by atoms with van der Waals surface area (Å²) in [6.07, 6.45) is 0. The highest BCUT2D eigenvalue weighted by Crippen LogP contribution is 2.15. The molecule has 0 aromatic heterocycles. The maximum atomic E-state index is 12.3. The van der Waals surface area contributed by atoms with E-state index in [4.69, 9.17) is 5.26 Å². The molecule has 0 radical (unpaired) electrons. The van der Waals surface area contributed by atoms with Gasteiger partial charge in [0.25, 0.3) is 0 Å². The lowest BCUT2D eigenvalue weighted by Gasteiger charge is -2.09. The van der Waals surface area contributed by atoms with E-state index in [-0.39, 0.29) is 17.0 Å². The van der Waals surface area contributed by atoms with Crippen molar-refractivity contribution in [1.29, 1.82) is 5.26 Å². The van der Waals surface area contributed by atoms with Gasteiger partial charge in [0.1, 0.15) is 6.07 Å². The van der Waals surface area contributed by atoms with Crippen molar-refractivity contribution < 1.29 is 8.42 Å². The number of aryl methyl sites for hydroxylation is 2. The van der Waals surface area contributed by atoms with E-state index in [1.807, 2.05) is 38.1 Å². The molecule has 0 spiro atoms. The third-order valence-electron chi connectivity index (χ3n) is 3.33. The zero-order chi connectivity index (χ0) is 15.5. The van der Waals surface area contributed by atoms with Gasteiger partial charge >= 0.3 is 0 Å². The van der Waals surface area contributed by atoms with E-state index in [0.29, 0.717) is 0 Å². The fraction of sp³-hybridized carbons (Fsp3) is 0.188. The topological polar surface area (TPSA) is 70.0 Å². The molecule has 0 unspecified atom stereocenters. The molecule has 0 heterocycles. The first-order chi connectivity index (χ1) is 9.94. The van der Waals surface area contributed by atoms with E-state index < -0.39 is 10.0 Å². The second-order valence-corrected chi connectivity index (χ2v) is 6.59. The highest BCUT2D eigenvalue weighted by atomic mass is 32.2. The molecule has 2 aromatic carbocycles. The van der Waals surface area contributed by atoms with Crippen LogP contribution < -0.4 is 4.72 Å². The SMILES string of the molecule is Cc1ccc(CNS(=O)(=O)c2ccccc2C#N)cc1C. The lowest BCUT2D eigenvalue weighted by Crippen LogP contribution is -2.24. The normalized spacial score (nSPS) is 11.1. The van der Waals surface area contributed by atoms with Gasteiger partial charge in [-0.3, -0.25) is 0 Å². The Balaban J connectivity index is 2.22. The summed E-state index contributed by atoms with van der Waals surface area (Å²) in [5, 5.41) is 8.99. The molecular formula is C16H16N2O2S. The van der Waals surface area contributed by atoms with Gasteiger partial charge in [-0.1, -0.05) is 30.3 Å². The summed E-state index contributed by atoms with van der Waals surface area (Å²) in [4.78, 5) is 0.0105. The molecule has 0 fully saturated rings. The Morgan fingerprint density at radius 3 is 2.48 bits per heavy atom. The van der Waals surface area contributed by atoms with Crippen molar-refractivity contribution in [2.75, 3.05) is 0 Å². The van der Waals surface area contributed by atoms with Crippen LogP contribution in [0.5, 0.6) is 0 Å². The van der Waals surface area contributed by atoms with Crippen LogP contribution in [0.15, 0.2) is 47.4 Å². The first kappa shape index (κ1) is 15.2. The van der Waals surface area contributed by atoms with E-state index in [0.717, 1.165) is 16.7 Å². The zero-order valence-electron chi connectivity index (χ0n) is 11.9. The smallest absolute Gasteiger partial charge is 0.207 e. The highest BCUT2D eigenvalue weighted by molar-refractivity contribution is 7.89. The summed E-state index contributed by atoms with van der Waals surface area (Å²) in [5.41, 5.74) is 3.31. The molecule has 108 valence electrons. The zero-order valence-corrected chi connectivity index (χ0v) is 12.7. The standard InChI is InChI=1S/C16H16N2O2S/c1-12-7-8-14(9-13(12)2)11-18-21(19,20)16-6-4-3-5-15(16)10-17/h3-9,18H,11H2,1-2H3. The van der Waals surface area contributed by atoms with Crippen molar-refractivity contribution in [3.8, 4) is 6.07 Å². The van der Waals surface area contributed by atoms with Crippen molar-refractivity contribution in [2.24, 2.45) is 0 Å². The molecule has 0 amide bonds. The third kappa shape index (κ3) is 3.48. The van der Waals surface area contributed by atoms with Crippen LogP contribution in [0.4, 0.5) is 0 Å². The van der Waals surface area contributed by atoms with Gasteiger partial charge in [0.2, 0.25) is 10.0 Å². The number of hydrogen-bond donors (Lipinski definition) is 1. The number of benzene rings is 2. The molecule has 2 rings (SSSR count). The van der Waals surface area contributed by atoms with E-state index in [1.54, 1.807) is 12.1 Å². The Kier molecular flexibility index (Phi) is 4.41. The molecule has 4 nitrogen and oxygen atoms in total. The molecule has 0 aliphatic carbocycles. The van der Waals surface area contributed by atoms with Crippen LogP contribution in [0, 0.1) is 25.2 Å². The molecule has 0 atom stereocenters. The van der Waals surface area contributed by atoms with Crippen LogP contribution in [-0.4, -0.2) is 8.42 Å². The van der Waals surface area contributed by atoms with Gasteiger partial charge in [-0.05, 0) is 42.7 Å². The summed E-state index contributed by atoms with van der Waals surface area (Å²) < 4.78 is 27.1. The maximum Gasteiger partial charge on any atom is 0.242 e. The van der Waals surface area contributed by atoms with E-state index >= 15 is 0 Å². The van der Waals surface area contributed by atoms with Crippen LogP contribution in [0.3, 0.4) is 0 Å². The molecular weight excluding hydrogens is 284 g/mol. The molecule has 0 aliphatic heterocycles. The van der Waals surface area contributed by atoms with Crippen molar-refractivity contribution in [2.45, 2.75) is 25.3 Å². The van der Waals surface area contributed by atoms with E-state index in [9.17, 15) is 8.42 Å². The Labute approximate surface area is 125 Å². The van der Waals surface area contributed by atoms with Crippen LogP contribution in [0.2, 0.25) is 0 Å². The average molecular weight is 300 g/mol. The molecule has 0 saturated carbocycles. The number of nitriles is 1. The Morgan fingerprint density at radius 2 is 1.81 bits per heavy atom. The minimum Gasteiger partial charge on any atom is -0.207 e. The van der Waals surface area contributed by atoms with E-state index in [2.05, 4.69) is 4.72 Å². The van der Waals surface area contributed by atoms with Crippen LogP contribution in [0.25, 0.3) is 0 Å². The Morgan fingerprint density at radius 1 is 1.10 bits per heavy atom. The molecule has 0 saturated heterocycles. The quantitative estimate of drug-likeness (QED) is 0.943. The van der Waals surface area contributed by atoms with Gasteiger partial charge < -0.3 is 0 Å². The van der Waals surface area contributed by atoms with Gasteiger partial charge in [-0.15, -0.1) is 0 Å². The van der Waals surface area contributed by atoms with Crippen molar-refractivity contribution in [3.63, 3.8) is 0 Å². The molecule has 1 N–H and O–H groups in total. The van der Waals surface area contributed by atoms with Gasteiger partial charge in [0.15, 0.2) is 0 Å². The molecule has 0 bridgehead atoms. The maximum absolute atomic E-state index is 12.3. The fourth-order valence-electron chi connectivity index (χ4n) is 1.96. The van der Waals surface area contributed by atoms with Crippen LogP contribution in [0.1, 0.15) is 22.3 Å². The fourth-order valence-corrected chi connectivity index (χ4v) is 3.14. The van der Waals surface area contributed by atoms with Crippen molar-refractivity contribution in [3.05, 3.63) is 64.7 Å². The van der Waals surface area contributed by atoms with Crippen LogP contribution in [-0.2, 0) is 16.6 Å². The number of hydrogen-bond acceptors (Lipinski definition) is 3. The van der Waals surface area contributed by atoms with Crippen molar-refractivity contribution in [1.82, 2.24) is 4.72 Å². The predicted molar refractivity (Wildman–Crippen MR) is 81.1 cm³/mol. The summed E-state index contributed by atoms with van der Waals surface area (Å²) in [6, 6.07) is 13.9. The Bertz CT molecular complexity index is 805. The first-order valence-electron chi connectivity index (χ1n) is 6.49. The lowest BCUT2D eigenvalue weighted by atomic mass is 10.1. The molecule has 21 heavy (non-hydrogen) atoms. The van der Waals surface area contributed by atoms with Gasteiger partial charge in [-0.2, -0.15) is 5.26 Å². The largest absolute Gasteiger partial charge is 0.242 e. The minimum absolute atomic E-state index is 0.0105. The molecule has 5 heteroatoms. The van der Waals surface area contributed by atoms with Gasteiger partial charge in [0.05, 0.1) is 10.5 Å². The summed E-state index contributed by atoms with van der Waals surface area (Å²) in [7, 11) is -3.70. The number of nitrogens with one attached hydrogen (secondary N) is 1. The van der Waals surface area contributed by atoms with Crippen LogP contribution >= 0.6 is 0 Å². The summed E-state index contributed by atoms with van der Waals surface area (Å²) in [6.45, 7) is 4.19. The monoisotopic (exact) mass is 300 g/mol. The second kappa shape index (κ2) is 6.08. The average Bonchev–Trinajstić information content (AvgIpc) is 2.48. The highest BCUT2D eigenvalue weighted by Gasteiger charge is 2.17. The molecule has 0 aliphatic rings. The number of nitrogens with zero attached hydrogens (tertiary/aromatic N) is 1. The summed E-state index contributed by atoms with van der Waals surface area (Å²) in [5.74, 6) is 0. The lowest BCUT2D eigenvalue weighted by molar-refractivity contribution is 0.581. The Hall–Kier alpha value is -2.16. The number of sulfonamides is 1.